The van der Waals surface area contributed by atoms with Crippen molar-refractivity contribution in [2.45, 2.75) is 27.3 Å². The molecule has 0 unspecified atom stereocenters. The van der Waals surface area contributed by atoms with Crippen LogP contribution in [0.1, 0.15) is 36.7 Å². The van der Waals surface area contributed by atoms with Gasteiger partial charge in [0.05, 0.1) is 40.8 Å². The van der Waals surface area contributed by atoms with Gasteiger partial charge in [0.2, 0.25) is 5.91 Å². The number of rotatable bonds is 6. The van der Waals surface area contributed by atoms with Gasteiger partial charge in [-0.2, -0.15) is 5.10 Å². The van der Waals surface area contributed by atoms with Crippen molar-refractivity contribution in [1.82, 2.24) is 15.1 Å². The van der Waals surface area contributed by atoms with Crippen molar-refractivity contribution in [3.05, 3.63) is 83.0 Å². The zero-order valence-corrected chi connectivity index (χ0v) is 20.8. The Hall–Kier alpha value is -3.84. The SMILES string of the molecule is COc1ccc(-n2ncc3c(NC(=O)c4cc(CNC(=O)C(C)(C)C)ccc4Cl)cccc32)cc1. The second-order valence-corrected chi connectivity index (χ2v) is 9.60. The van der Waals surface area contributed by atoms with Crippen LogP contribution in [0.4, 0.5) is 5.69 Å². The first kappa shape index (κ1) is 24.3. The van der Waals surface area contributed by atoms with Crippen molar-refractivity contribution < 1.29 is 14.3 Å². The predicted octanol–water partition coefficient (Wildman–Crippen LogP) is 5.60. The van der Waals surface area contributed by atoms with Crippen molar-refractivity contribution >= 4 is 40.0 Å². The van der Waals surface area contributed by atoms with E-state index in [2.05, 4.69) is 15.7 Å². The molecule has 2 amide bonds. The van der Waals surface area contributed by atoms with Crippen LogP contribution < -0.4 is 15.4 Å². The minimum Gasteiger partial charge on any atom is -0.497 e. The standard InChI is InChI=1S/C27H27ClN4O3/c1-27(2,3)26(34)29-15-17-8-13-22(28)20(14-17)25(33)31-23-6-5-7-24-21(23)16-30-32(24)18-9-11-19(35-4)12-10-18/h5-14,16H,15H2,1-4H3,(H,29,34)(H,31,33). The molecule has 0 radical (unpaired) electrons. The summed E-state index contributed by atoms with van der Waals surface area (Å²) < 4.78 is 7.03. The Kier molecular flexibility index (Phi) is 6.80. The highest BCUT2D eigenvalue weighted by atomic mass is 35.5. The molecular formula is C27H27ClN4O3. The lowest BCUT2D eigenvalue weighted by molar-refractivity contribution is -0.128. The fraction of sp³-hybridized carbons (Fsp3) is 0.222. The maximum atomic E-state index is 13.2. The third-order valence-corrected chi connectivity index (χ3v) is 5.92. The van der Waals surface area contributed by atoms with Gasteiger partial charge in [0, 0.05) is 17.3 Å². The highest BCUT2D eigenvalue weighted by molar-refractivity contribution is 6.34. The van der Waals surface area contributed by atoms with Crippen LogP contribution in [0.15, 0.2) is 66.9 Å². The third-order valence-electron chi connectivity index (χ3n) is 5.59. The van der Waals surface area contributed by atoms with Crippen LogP contribution in [0.5, 0.6) is 5.75 Å². The molecule has 4 aromatic rings. The number of hydrogen-bond donors (Lipinski definition) is 2. The number of ether oxygens (including phenoxy) is 1. The van der Waals surface area contributed by atoms with Gasteiger partial charge in [-0.25, -0.2) is 4.68 Å². The Labute approximate surface area is 209 Å². The van der Waals surface area contributed by atoms with Crippen LogP contribution in [0, 0.1) is 5.41 Å². The van der Waals surface area contributed by atoms with E-state index < -0.39 is 5.41 Å². The Morgan fingerprint density at radius 1 is 1.06 bits per heavy atom. The quantitative estimate of drug-likeness (QED) is 0.368. The van der Waals surface area contributed by atoms with Crippen LogP contribution in [0.2, 0.25) is 5.02 Å². The average molecular weight is 491 g/mol. The van der Waals surface area contributed by atoms with E-state index in [0.29, 0.717) is 22.8 Å². The maximum absolute atomic E-state index is 13.2. The number of nitrogens with one attached hydrogen (secondary N) is 2. The summed E-state index contributed by atoms with van der Waals surface area (Å²) in [7, 11) is 1.62. The van der Waals surface area contributed by atoms with E-state index in [0.717, 1.165) is 27.9 Å². The number of amides is 2. The fourth-order valence-corrected chi connectivity index (χ4v) is 3.79. The summed E-state index contributed by atoms with van der Waals surface area (Å²) in [6.45, 7) is 5.85. The van der Waals surface area contributed by atoms with Crippen molar-refractivity contribution in [3.63, 3.8) is 0 Å². The topological polar surface area (TPSA) is 85.2 Å². The molecule has 1 heterocycles. The predicted molar refractivity (Wildman–Crippen MR) is 138 cm³/mol. The molecule has 0 bridgehead atoms. The molecule has 35 heavy (non-hydrogen) atoms. The van der Waals surface area contributed by atoms with Gasteiger partial charge in [0.1, 0.15) is 5.75 Å². The molecule has 4 rings (SSSR count). The first-order valence-corrected chi connectivity index (χ1v) is 11.5. The van der Waals surface area contributed by atoms with Crippen molar-refractivity contribution in [2.24, 2.45) is 5.41 Å². The summed E-state index contributed by atoms with van der Waals surface area (Å²) in [4.78, 5) is 25.3. The van der Waals surface area contributed by atoms with Gasteiger partial charge in [-0.1, -0.05) is 44.5 Å². The van der Waals surface area contributed by atoms with E-state index in [1.807, 2.05) is 63.2 Å². The number of benzene rings is 3. The van der Waals surface area contributed by atoms with Crippen molar-refractivity contribution in [2.75, 3.05) is 12.4 Å². The molecule has 3 aromatic carbocycles. The lowest BCUT2D eigenvalue weighted by Crippen LogP contribution is -2.34. The minimum atomic E-state index is -0.498. The van der Waals surface area contributed by atoms with Gasteiger partial charge < -0.3 is 15.4 Å². The fourth-order valence-electron chi connectivity index (χ4n) is 3.58. The molecule has 0 spiro atoms. The molecule has 0 atom stereocenters. The summed E-state index contributed by atoms with van der Waals surface area (Å²) in [5.74, 6) is 0.345. The van der Waals surface area contributed by atoms with Crippen LogP contribution in [0.25, 0.3) is 16.6 Å². The normalized spacial score (nSPS) is 11.3. The number of halogens is 1. The molecule has 0 saturated heterocycles. The van der Waals surface area contributed by atoms with E-state index in [1.165, 1.54) is 0 Å². The Balaban J connectivity index is 1.57. The van der Waals surface area contributed by atoms with Gasteiger partial charge in [-0.15, -0.1) is 0 Å². The summed E-state index contributed by atoms with van der Waals surface area (Å²) in [6, 6.07) is 18.3. The van der Waals surface area contributed by atoms with Gasteiger partial charge in [-0.05, 0) is 54.1 Å². The van der Waals surface area contributed by atoms with Crippen LogP contribution in [-0.2, 0) is 11.3 Å². The van der Waals surface area contributed by atoms with E-state index in [-0.39, 0.29) is 11.8 Å². The number of carbonyl (C=O) groups excluding carboxylic acids is 2. The lowest BCUT2D eigenvalue weighted by Gasteiger charge is -2.18. The minimum absolute atomic E-state index is 0.0704. The summed E-state index contributed by atoms with van der Waals surface area (Å²) in [6.07, 6.45) is 1.72. The molecule has 2 N–H and O–H groups in total. The average Bonchev–Trinajstić information content (AvgIpc) is 3.28. The van der Waals surface area contributed by atoms with Gasteiger partial charge in [0.25, 0.3) is 5.91 Å². The zero-order chi connectivity index (χ0) is 25.2. The van der Waals surface area contributed by atoms with Gasteiger partial charge in [-0.3, -0.25) is 9.59 Å². The second-order valence-electron chi connectivity index (χ2n) is 9.19. The van der Waals surface area contributed by atoms with Crippen LogP contribution in [-0.4, -0.2) is 28.7 Å². The Morgan fingerprint density at radius 3 is 2.49 bits per heavy atom. The van der Waals surface area contributed by atoms with E-state index in [9.17, 15) is 9.59 Å². The lowest BCUT2D eigenvalue weighted by atomic mass is 9.95. The smallest absolute Gasteiger partial charge is 0.257 e. The first-order valence-electron chi connectivity index (χ1n) is 11.2. The van der Waals surface area contributed by atoms with Gasteiger partial charge >= 0.3 is 0 Å². The molecule has 0 fully saturated rings. The summed E-state index contributed by atoms with van der Waals surface area (Å²) in [5, 5.41) is 11.5. The first-order chi connectivity index (χ1) is 16.7. The summed E-state index contributed by atoms with van der Waals surface area (Å²) in [5.41, 5.74) is 2.95. The molecule has 0 aliphatic rings. The van der Waals surface area contributed by atoms with Crippen molar-refractivity contribution in [3.8, 4) is 11.4 Å². The van der Waals surface area contributed by atoms with Crippen LogP contribution in [0.3, 0.4) is 0 Å². The highest BCUT2D eigenvalue weighted by Gasteiger charge is 2.21. The Bertz CT molecular complexity index is 1390. The summed E-state index contributed by atoms with van der Waals surface area (Å²) >= 11 is 6.34. The third kappa shape index (κ3) is 5.30. The molecule has 180 valence electrons. The number of fused-ring (bicyclic) bond motifs is 1. The molecule has 1 aromatic heterocycles. The van der Waals surface area contributed by atoms with Crippen molar-refractivity contribution in [1.29, 1.82) is 0 Å². The largest absolute Gasteiger partial charge is 0.497 e. The number of aromatic nitrogens is 2. The highest BCUT2D eigenvalue weighted by Crippen LogP contribution is 2.28. The maximum Gasteiger partial charge on any atom is 0.257 e. The Morgan fingerprint density at radius 2 is 1.80 bits per heavy atom. The second kappa shape index (κ2) is 9.80. The van der Waals surface area contributed by atoms with Crippen LogP contribution >= 0.6 is 11.6 Å². The number of anilines is 1. The molecule has 0 aliphatic heterocycles. The molecule has 8 heteroatoms. The molecular weight excluding hydrogens is 464 g/mol. The molecule has 7 nitrogen and oxygen atoms in total. The van der Waals surface area contributed by atoms with Gasteiger partial charge in [0.15, 0.2) is 0 Å². The van der Waals surface area contributed by atoms with E-state index in [1.54, 1.807) is 36.2 Å². The monoisotopic (exact) mass is 490 g/mol. The molecule has 0 aliphatic carbocycles. The number of methoxy groups -OCH3 is 1. The van der Waals surface area contributed by atoms with E-state index in [4.69, 9.17) is 16.3 Å². The number of hydrogen-bond acceptors (Lipinski definition) is 4. The van der Waals surface area contributed by atoms with E-state index >= 15 is 0 Å². The number of nitrogens with zero attached hydrogens (tertiary/aromatic N) is 2. The molecule has 0 saturated carbocycles. The zero-order valence-electron chi connectivity index (χ0n) is 20.1. The number of carbonyl (C=O) groups is 2.